The number of benzene rings is 3. The van der Waals surface area contributed by atoms with Gasteiger partial charge in [-0.05, 0) is 61.0 Å². The molecule has 3 aromatic rings. The molecule has 0 fully saturated rings. The summed E-state index contributed by atoms with van der Waals surface area (Å²) in [5, 5.41) is 1.08. The van der Waals surface area contributed by atoms with Crippen LogP contribution in [-0.4, -0.2) is 24.4 Å². The van der Waals surface area contributed by atoms with Crippen molar-refractivity contribution in [3.05, 3.63) is 89.0 Å². The number of aryl methyl sites for hydroxylation is 2. The van der Waals surface area contributed by atoms with Gasteiger partial charge in [0.1, 0.15) is 0 Å². The van der Waals surface area contributed by atoms with E-state index in [9.17, 15) is 4.79 Å². The maximum atomic E-state index is 13.0. The van der Waals surface area contributed by atoms with Crippen molar-refractivity contribution < 1.29 is 4.79 Å². The molecular weight excluding hydrogens is 354 g/mol. The first kappa shape index (κ1) is 22.6. The van der Waals surface area contributed by atoms with Gasteiger partial charge in [-0.25, -0.2) is 0 Å². The monoisotopic (exact) mass is 382 g/mol. The van der Waals surface area contributed by atoms with E-state index in [0.29, 0.717) is 0 Å². The molecular formula is C25H28LiOP. The molecule has 0 saturated heterocycles. The fraction of sp³-hybridized carbons (Fsp3) is 0.240. The minimum absolute atomic E-state index is 0. The van der Waals surface area contributed by atoms with Crippen LogP contribution in [0.3, 0.4) is 0 Å². The molecule has 0 amide bonds. The molecule has 0 radical (unpaired) electrons. The van der Waals surface area contributed by atoms with E-state index in [4.69, 9.17) is 0 Å². The topological polar surface area (TPSA) is 17.1 Å². The summed E-state index contributed by atoms with van der Waals surface area (Å²) in [6, 6.07) is 23.0. The Hall–Kier alpha value is -1.64. The van der Waals surface area contributed by atoms with Crippen molar-refractivity contribution in [3.8, 4) is 11.1 Å². The summed E-state index contributed by atoms with van der Waals surface area (Å²) in [7, 11) is 0.147. The summed E-state index contributed by atoms with van der Waals surface area (Å²) in [5.74, 6) is 0. The van der Waals surface area contributed by atoms with Gasteiger partial charge in [-0.3, -0.25) is 4.79 Å². The van der Waals surface area contributed by atoms with E-state index in [1.54, 1.807) is 0 Å². The Morgan fingerprint density at radius 2 is 1.29 bits per heavy atom. The van der Waals surface area contributed by atoms with Crippen molar-refractivity contribution in [2.24, 2.45) is 0 Å². The summed E-state index contributed by atoms with van der Waals surface area (Å²) in [5.41, 5.74) is 7.02. The van der Waals surface area contributed by atoms with Gasteiger partial charge in [0, 0.05) is 5.56 Å². The van der Waals surface area contributed by atoms with Crippen molar-refractivity contribution in [3.63, 3.8) is 0 Å². The predicted octanol–water partition coefficient (Wildman–Crippen LogP) is 5.76. The number of hydrogen-bond donors (Lipinski definition) is 0. The zero-order chi connectivity index (χ0) is 19.6. The Bertz CT molecular complexity index is 931. The molecule has 0 aromatic heterocycles. The van der Waals surface area contributed by atoms with Crippen LogP contribution >= 0.6 is 8.58 Å². The zero-order valence-corrected chi connectivity index (χ0v) is 17.8. The normalized spacial score (nSPS) is 11.5. The quantitative estimate of drug-likeness (QED) is 0.414. The fourth-order valence-electron chi connectivity index (χ4n) is 3.32. The molecule has 3 aromatic carbocycles. The van der Waals surface area contributed by atoms with E-state index in [2.05, 4.69) is 83.1 Å². The van der Waals surface area contributed by atoms with Crippen LogP contribution in [0.4, 0.5) is 0 Å². The molecule has 140 valence electrons. The van der Waals surface area contributed by atoms with E-state index in [0.717, 1.165) is 22.0 Å². The SMILES string of the molecule is Cc1cc(C(C)(C)C)cc(C)c1C(=O)Pc1ccc(-c2ccccc2)cc1.[LiH]. The van der Waals surface area contributed by atoms with Gasteiger partial charge < -0.3 is 0 Å². The van der Waals surface area contributed by atoms with Crippen molar-refractivity contribution in [1.29, 1.82) is 0 Å². The first-order chi connectivity index (χ1) is 12.8. The molecule has 0 saturated carbocycles. The molecule has 0 aliphatic rings. The summed E-state index contributed by atoms with van der Waals surface area (Å²) in [6.07, 6.45) is 0. The molecule has 1 nitrogen and oxygen atoms in total. The van der Waals surface area contributed by atoms with Crippen molar-refractivity contribution in [1.82, 2.24) is 0 Å². The van der Waals surface area contributed by atoms with Gasteiger partial charge in [0.25, 0.3) is 0 Å². The van der Waals surface area contributed by atoms with E-state index in [-0.39, 0.29) is 38.4 Å². The number of hydrogen-bond acceptors (Lipinski definition) is 1. The number of carbonyl (C=O) groups excluding carboxylic acids is 1. The third kappa shape index (κ3) is 5.24. The Morgan fingerprint density at radius 1 is 0.786 bits per heavy atom. The molecule has 0 N–H and O–H groups in total. The summed E-state index contributed by atoms with van der Waals surface area (Å²) in [6.45, 7) is 10.7. The standard InChI is InChI=1S/C25H27OP.Li.H/c1-17-15-21(25(3,4)5)16-18(2)23(17)24(26)27-22-13-11-20(12-14-22)19-9-7-6-8-10-19;;/h6-16,27H,1-5H3;;. The zero-order valence-electron chi connectivity index (χ0n) is 16.8. The summed E-state index contributed by atoms with van der Waals surface area (Å²) >= 11 is 0. The molecule has 0 aliphatic heterocycles. The second kappa shape index (κ2) is 9.24. The molecule has 0 heterocycles. The third-order valence-electron chi connectivity index (χ3n) is 4.88. The number of carbonyl (C=O) groups is 1. The summed E-state index contributed by atoms with van der Waals surface area (Å²) < 4.78 is 0. The average molecular weight is 382 g/mol. The van der Waals surface area contributed by atoms with Crippen LogP contribution in [-0.2, 0) is 5.41 Å². The van der Waals surface area contributed by atoms with Gasteiger partial charge in [0.2, 0.25) is 0 Å². The van der Waals surface area contributed by atoms with Crippen LogP contribution < -0.4 is 5.30 Å². The predicted molar refractivity (Wildman–Crippen MR) is 126 cm³/mol. The van der Waals surface area contributed by atoms with Gasteiger partial charge in [0.15, 0.2) is 5.52 Å². The Morgan fingerprint density at radius 3 is 1.79 bits per heavy atom. The van der Waals surface area contributed by atoms with Gasteiger partial charge in [0.05, 0.1) is 0 Å². The van der Waals surface area contributed by atoms with Gasteiger partial charge in [-0.1, -0.05) is 87.5 Å². The van der Waals surface area contributed by atoms with Gasteiger partial charge >= 0.3 is 18.9 Å². The minimum atomic E-state index is 0. The second-order valence-corrected chi connectivity index (χ2v) is 9.41. The first-order valence-electron chi connectivity index (χ1n) is 9.34. The van der Waals surface area contributed by atoms with Crippen molar-refractivity contribution >= 4 is 38.3 Å². The van der Waals surface area contributed by atoms with Gasteiger partial charge in [-0.15, -0.1) is 0 Å². The first-order valence-corrected chi connectivity index (χ1v) is 10.3. The molecule has 0 aliphatic carbocycles. The van der Waals surface area contributed by atoms with Crippen LogP contribution in [0, 0.1) is 13.8 Å². The maximum absolute atomic E-state index is 13.0. The Kier molecular flexibility index (Phi) is 7.47. The van der Waals surface area contributed by atoms with Crippen LogP contribution in [0.1, 0.15) is 47.8 Å². The molecule has 0 bridgehead atoms. The fourth-order valence-corrected chi connectivity index (χ4v) is 4.44. The number of rotatable bonds is 4. The van der Waals surface area contributed by atoms with E-state index in [1.165, 1.54) is 16.7 Å². The molecule has 1 unspecified atom stereocenters. The molecule has 1 atom stereocenters. The molecule has 28 heavy (non-hydrogen) atoms. The molecule has 3 rings (SSSR count). The average Bonchev–Trinajstić information content (AvgIpc) is 2.61. The molecule has 3 heteroatoms. The van der Waals surface area contributed by atoms with Crippen LogP contribution in [0.25, 0.3) is 11.1 Å². The van der Waals surface area contributed by atoms with E-state index >= 15 is 0 Å². The Balaban J connectivity index is 0.00000280. The third-order valence-corrected chi connectivity index (χ3v) is 5.97. The van der Waals surface area contributed by atoms with Crippen molar-refractivity contribution in [2.45, 2.75) is 40.0 Å². The van der Waals surface area contributed by atoms with Crippen LogP contribution in [0.15, 0.2) is 66.7 Å². The molecule has 0 spiro atoms. The second-order valence-electron chi connectivity index (χ2n) is 8.13. The van der Waals surface area contributed by atoms with Crippen molar-refractivity contribution in [2.75, 3.05) is 0 Å². The van der Waals surface area contributed by atoms with Crippen LogP contribution in [0.5, 0.6) is 0 Å². The summed E-state index contributed by atoms with van der Waals surface area (Å²) in [4.78, 5) is 13.0. The Labute approximate surface area is 182 Å². The van der Waals surface area contributed by atoms with E-state index < -0.39 is 0 Å². The van der Waals surface area contributed by atoms with E-state index in [1.807, 2.05) is 18.2 Å². The van der Waals surface area contributed by atoms with Crippen LogP contribution in [0.2, 0.25) is 0 Å². The van der Waals surface area contributed by atoms with Gasteiger partial charge in [-0.2, -0.15) is 0 Å².